The summed E-state index contributed by atoms with van der Waals surface area (Å²) in [6.07, 6.45) is 0.948. The first kappa shape index (κ1) is 18.5. The molecule has 25 heavy (non-hydrogen) atoms. The summed E-state index contributed by atoms with van der Waals surface area (Å²) >= 11 is 0. The lowest BCUT2D eigenvalue weighted by Gasteiger charge is -2.10. The van der Waals surface area contributed by atoms with Crippen molar-refractivity contribution in [2.75, 3.05) is 19.0 Å². The molecule has 2 aromatic carbocycles. The molecule has 1 N–H and O–H groups in total. The summed E-state index contributed by atoms with van der Waals surface area (Å²) in [7, 11) is 1.32. The van der Waals surface area contributed by atoms with Crippen LogP contribution in [0.4, 0.5) is 5.69 Å². The summed E-state index contributed by atoms with van der Waals surface area (Å²) in [6.45, 7) is 4.48. The molecule has 0 heterocycles. The van der Waals surface area contributed by atoms with Crippen molar-refractivity contribution in [1.82, 2.24) is 0 Å². The van der Waals surface area contributed by atoms with Crippen LogP contribution in [0.25, 0.3) is 0 Å². The first-order chi connectivity index (χ1) is 12.0. The normalized spacial score (nSPS) is 10.2. The smallest absolute Gasteiger partial charge is 0.337 e. The number of carbonyl (C=O) groups is 2. The standard InChI is InChI=1S/C20H23NO4/c1-14-9-10-15(2)18(12-14)25-11-5-8-19(22)21-17-7-4-6-16(13-17)20(23)24-3/h4,6-7,9-10,12-13H,5,8,11H2,1-3H3,(H,21,22). The van der Waals surface area contributed by atoms with Crippen molar-refractivity contribution in [3.63, 3.8) is 0 Å². The van der Waals surface area contributed by atoms with Crippen molar-refractivity contribution in [3.8, 4) is 5.75 Å². The molecular formula is C20H23NO4. The Bertz CT molecular complexity index is 755. The lowest BCUT2D eigenvalue weighted by molar-refractivity contribution is -0.116. The van der Waals surface area contributed by atoms with E-state index < -0.39 is 5.97 Å². The average Bonchev–Trinajstić information content (AvgIpc) is 2.61. The van der Waals surface area contributed by atoms with Gasteiger partial charge in [0.25, 0.3) is 0 Å². The first-order valence-electron chi connectivity index (χ1n) is 8.18. The predicted molar refractivity (Wildman–Crippen MR) is 97.1 cm³/mol. The van der Waals surface area contributed by atoms with E-state index in [0.717, 1.165) is 16.9 Å². The van der Waals surface area contributed by atoms with E-state index in [0.29, 0.717) is 30.7 Å². The molecule has 0 unspecified atom stereocenters. The van der Waals surface area contributed by atoms with Crippen LogP contribution in [0.3, 0.4) is 0 Å². The Hall–Kier alpha value is -2.82. The Labute approximate surface area is 148 Å². The van der Waals surface area contributed by atoms with Gasteiger partial charge in [0.15, 0.2) is 0 Å². The maximum Gasteiger partial charge on any atom is 0.337 e. The van der Waals surface area contributed by atoms with E-state index in [-0.39, 0.29) is 5.91 Å². The highest BCUT2D eigenvalue weighted by Crippen LogP contribution is 2.19. The predicted octanol–water partition coefficient (Wildman–Crippen LogP) is 3.89. The molecule has 2 aromatic rings. The van der Waals surface area contributed by atoms with Crippen LogP contribution < -0.4 is 10.1 Å². The number of benzene rings is 2. The molecule has 0 aliphatic rings. The van der Waals surface area contributed by atoms with Crippen LogP contribution in [0.1, 0.15) is 34.3 Å². The fraction of sp³-hybridized carbons (Fsp3) is 0.300. The van der Waals surface area contributed by atoms with Gasteiger partial charge in [-0.05, 0) is 55.7 Å². The van der Waals surface area contributed by atoms with Gasteiger partial charge in [-0.15, -0.1) is 0 Å². The summed E-state index contributed by atoms with van der Waals surface area (Å²) in [6, 6.07) is 12.7. The van der Waals surface area contributed by atoms with Crippen LogP contribution in [0.2, 0.25) is 0 Å². The van der Waals surface area contributed by atoms with E-state index >= 15 is 0 Å². The Morgan fingerprint density at radius 2 is 1.88 bits per heavy atom. The van der Waals surface area contributed by atoms with Gasteiger partial charge in [0.1, 0.15) is 5.75 Å². The molecule has 0 saturated heterocycles. The molecule has 0 radical (unpaired) electrons. The summed E-state index contributed by atoms with van der Waals surface area (Å²) in [4.78, 5) is 23.5. The SMILES string of the molecule is COC(=O)c1cccc(NC(=O)CCCOc2cc(C)ccc2C)c1. The van der Waals surface area contributed by atoms with E-state index in [2.05, 4.69) is 10.1 Å². The molecule has 0 saturated carbocycles. The molecule has 5 heteroatoms. The lowest BCUT2D eigenvalue weighted by atomic mass is 10.1. The first-order valence-corrected chi connectivity index (χ1v) is 8.18. The number of rotatable bonds is 7. The molecule has 2 rings (SSSR count). The van der Waals surface area contributed by atoms with Crippen molar-refractivity contribution in [3.05, 3.63) is 59.2 Å². The molecular weight excluding hydrogens is 318 g/mol. The molecule has 0 bridgehead atoms. The summed E-state index contributed by atoms with van der Waals surface area (Å²) < 4.78 is 10.4. The number of carbonyl (C=O) groups excluding carboxylic acids is 2. The zero-order valence-corrected chi connectivity index (χ0v) is 14.8. The maximum atomic E-state index is 12.0. The number of ether oxygens (including phenoxy) is 2. The molecule has 5 nitrogen and oxygen atoms in total. The molecule has 0 aliphatic carbocycles. The second-order valence-electron chi connectivity index (χ2n) is 5.84. The maximum absolute atomic E-state index is 12.0. The minimum absolute atomic E-state index is 0.119. The highest BCUT2D eigenvalue weighted by molar-refractivity contribution is 5.94. The second kappa shape index (κ2) is 8.87. The second-order valence-corrected chi connectivity index (χ2v) is 5.84. The molecule has 0 spiro atoms. The Kier molecular flexibility index (Phi) is 6.57. The molecule has 0 atom stereocenters. The fourth-order valence-electron chi connectivity index (χ4n) is 2.34. The van der Waals surface area contributed by atoms with Crippen LogP contribution in [-0.2, 0) is 9.53 Å². The number of hydrogen-bond acceptors (Lipinski definition) is 4. The molecule has 1 amide bonds. The number of amides is 1. The summed E-state index contributed by atoms with van der Waals surface area (Å²) in [5.41, 5.74) is 3.19. The molecule has 0 aromatic heterocycles. The number of hydrogen-bond donors (Lipinski definition) is 1. The molecule has 0 aliphatic heterocycles. The Balaban J connectivity index is 1.79. The van der Waals surface area contributed by atoms with Crippen molar-refractivity contribution in [2.45, 2.75) is 26.7 Å². The topological polar surface area (TPSA) is 64.6 Å². The van der Waals surface area contributed by atoms with E-state index in [1.54, 1.807) is 24.3 Å². The van der Waals surface area contributed by atoms with Gasteiger partial charge in [-0.1, -0.05) is 18.2 Å². The van der Waals surface area contributed by atoms with Gasteiger partial charge in [-0.3, -0.25) is 4.79 Å². The largest absolute Gasteiger partial charge is 0.493 e. The third-order valence-corrected chi connectivity index (χ3v) is 3.72. The number of aryl methyl sites for hydroxylation is 2. The third-order valence-electron chi connectivity index (χ3n) is 3.72. The van der Waals surface area contributed by atoms with E-state index in [4.69, 9.17) is 4.74 Å². The number of nitrogens with one attached hydrogen (secondary N) is 1. The van der Waals surface area contributed by atoms with E-state index in [1.807, 2.05) is 32.0 Å². The number of esters is 1. The van der Waals surface area contributed by atoms with Crippen molar-refractivity contribution in [1.29, 1.82) is 0 Å². The minimum atomic E-state index is -0.432. The summed E-state index contributed by atoms with van der Waals surface area (Å²) in [5, 5.41) is 2.78. The van der Waals surface area contributed by atoms with Gasteiger partial charge in [-0.2, -0.15) is 0 Å². The van der Waals surface area contributed by atoms with Crippen LogP contribution in [0.15, 0.2) is 42.5 Å². The van der Waals surface area contributed by atoms with Crippen molar-refractivity contribution >= 4 is 17.6 Å². The van der Waals surface area contributed by atoms with Crippen molar-refractivity contribution < 1.29 is 19.1 Å². The van der Waals surface area contributed by atoms with Gasteiger partial charge in [0.05, 0.1) is 19.3 Å². The van der Waals surface area contributed by atoms with Crippen LogP contribution >= 0.6 is 0 Å². The highest BCUT2D eigenvalue weighted by Gasteiger charge is 2.08. The van der Waals surface area contributed by atoms with Crippen LogP contribution in [0.5, 0.6) is 5.75 Å². The van der Waals surface area contributed by atoms with Gasteiger partial charge in [0.2, 0.25) is 5.91 Å². The van der Waals surface area contributed by atoms with E-state index in [1.165, 1.54) is 7.11 Å². The monoisotopic (exact) mass is 341 g/mol. The third kappa shape index (κ3) is 5.64. The lowest BCUT2D eigenvalue weighted by Crippen LogP contribution is -2.13. The minimum Gasteiger partial charge on any atom is -0.493 e. The Morgan fingerprint density at radius 3 is 2.64 bits per heavy atom. The Morgan fingerprint density at radius 1 is 1.08 bits per heavy atom. The van der Waals surface area contributed by atoms with E-state index in [9.17, 15) is 9.59 Å². The van der Waals surface area contributed by atoms with Gasteiger partial charge < -0.3 is 14.8 Å². The number of methoxy groups -OCH3 is 1. The molecule has 0 fully saturated rings. The number of anilines is 1. The van der Waals surface area contributed by atoms with Gasteiger partial charge >= 0.3 is 5.97 Å². The quantitative estimate of drug-likeness (QED) is 0.613. The highest BCUT2D eigenvalue weighted by atomic mass is 16.5. The average molecular weight is 341 g/mol. The zero-order valence-electron chi connectivity index (χ0n) is 14.8. The van der Waals surface area contributed by atoms with Crippen LogP contribution in [-0.4, -0.2) is 25.6 Å². The summed E-state index contributed by atoms with van der Waals surface area (Å²) in [5.74, 6) is 0.302. The van der Waals surface area contributed by atoms with Gasteiger partial charge in [-0.25, -0.2) is 4.79 Å². The fourth-order valence-corrected chi connectivity index (χ4v) is 2.34. The zero-order chi connectivity index (χ0) is 18.2. The molecule has 132 valence electrons. The van der Waals surface area contributed by atoms with Crippen LogP contribution in [0, 0.1) is 13.8 Å². The van der Waals surface area contributed by atoms with Crippen molar-refractivity contribution in [2.24, 2.45) is 0 Å². The van der Waals surface area contributed by atoms with Gasteiger partial charge in [0, 0.05) is 12.1 Å².